The maximum atomic E-state index is 5.81. The van der Waals surface area contributed by atoms with Crippen LogP contribution in [0, 0.1) is 0 Å². The van der Waals surface area contributed by atoms with Crippen molar-refractivity contribution in [3.63, 3.8) is 0 Å². The van der Waals surface area contributed by atoms with E-state index in [1.54, 1.807) is 6.20 Å². The molecule has 0 fully saturated rings. The molecular formula is C11H12ClN3. The van der Waals surface area contributed by atoms with E-state index in [0.29, 0.717) is 6.54 Å². The summed E-state index contributed by atoms with van der Waals surface area (Å²) in [6, 6.07) is 7.77. The first kappa shape index (κ1) is 10.2. The van der Waals surface area contributed by atoms with Gasteiger partial charge < -0.3 is 10.3 Å². The van der Waals surface area contributed by atoms with Crippen LogP contribution in [0.25, 0.3) is 0 Å². The van der Waals surface area contributed by atoms with Gasteiger partial charge in [-0.1, -0.05) is 23.7 Å². The Morgan fingerprint density at radius 1 is 1.27 bits per heavy atom. The molecule has 1 heterocycles. The number of hydrogen-bond donors (Lipinski definition) is 1. The molecular weight excluding hydrogens is 210 g/mol. The van der Waals surface area contributed by atoms with Crippen LogP contribution in [-0.2, 0) is 13.1 Å². The van der Waals surface area contributed by atoms with Crippen LogP contribution >= 0.6 is 11.6 Å². The van der Waals surface area contributed by atoms with Crippen LogP contribution in [0.15, 0.2) is 36.7 Å². The lowest BCUT2D eigenvalue weighted by molar-refractivity contribution is 0.724. The monoisotopic (exact) mass is 221 g/mol. The number of imidazole rings is 1. The van der Waals surface area contributed by atoms with Crippen molar-refractivity contribution >= 4 is 11.6 Å². The third-order valence-corrected chi connectivity index (χ3v) is 2.50. The molecule has 2 rings (SSSR count). The summed E-state index contributed by atoms with van der Waals surface area (Å²) in [6.07, 6.45) is 3.69. The smallest absolute Gasteiger partial charge is 0.122 e. The van der Waals surface area contributed by atoms with Gasteiger partial charge in [0, 0.05) is 24.0 Å². The van der Waals surface area contributed by atoms with Gasteiger partial charge in [-0.2, -0.15) is 0 Å². The highest BCUT2D eigenvalue weighted by Crippen LogP contribution is 2.11. The zero-order valence-electron chi connectivity index (χ0n) is 8.23. The molecule has 0 amide bonds. The third-order valence-electron chi connectivity index (χ3n) is 2.25. The maximum Gasteiger partial charge on any atom is 0.122 e. The maximum absolute atomic E-state index is 5.81. The van der Waals surface area contributed by atoms with Crippen LogP contribution in [0.5, 0.6) is 0 Å². The van der Waals surface area contributed by atoms with Gasteiger partial charge in [-0.05, 0) is 17.7 Å². The number of nitrogens with zero attached hydrogens (tertiary/aromatic N) is 2. The Bertz CT molecular complexity index is 433. The van der Waals surface area contributed by atoms with Gasteiger partial charge in [-0.25, -0.2) is 4.98 Å². The van der Waals surface area contributed by atoms with E-state index in [4.69, 9.17) is 17.3 Å². The molecule has 0 aliphatic heterocycles. The zero-order valence-corrected chi connectivity index (χ0v) is 8.98. The lowest BCUT2D eigenvalue weighted by Gasteiger charge is -2.06. The van der Waals surface area contributed by atoms with Gasteiger partial charge in [-0.15, -0.1) is 0 Å². The largest absolute Gasteiger partial charge is 0.329 e. The summed E-state index contributed by atoms with van der Waals surface area (Å²) < 4.78 is 2.03. The Balaban J connectivity index is 2.18. The van der Waals surface area contributed by atoms with Crippen molar-refractivity contribution in [2.24, 2.45) is 5.73 Å². The summed E-state index contributed by atoms with van der Waals surface area (Å²) in [6.45, 7) is 1.24. The lowest BCUT2D eigenvalue weighted by Crippen LogP contribution is -2.08. The number of halogens is 1. The second-order valence-corrected chi connectivity index (χ2v) is 3.74. The van der Waals surface area contributed by atoms with Gasteiger partial charge in [0.15, 0.2) is 0 Å². The summed E-state index contributed by atoms with van der Waals surface area (Å²) in [5, 5.41) is 0.753. The summed E-state index contributed by atoms with van der Waals surface area (Å²) in [5.74, 6) is 0.893. The van der Waals surface area contributed by atoms with E-state index >= 15 is 0 Å². The van der Waals surface area contributed by atoms with Crippen LogP contribution in [-0.4, -0.2) is 9.55 Å². The molecule has 3 nitrogen and oxygen atoms in total. The van der Waals surface area contributed by atoms with Crippen LogP contribution in [0.2, 0.25) is 5.02 Å². The number of rotatable bonds is 3. The highest BCUT2D eigenvalue weighted by molar-refractivity contribution is 6.30. The van der Waals surface area contributed by atoms with E-state index < -0.39 is 0 Å². The first-order chi connectivity index (χ1) is 7.29. The normalized spacial score (nSPS) is 10.5. The summed E-state index contributed by atoms with van der Waals surface area (Å²) in [5.41, 5.74) is 6.76. The second-order valence-electron chi connectivity index (χ2n) is 3.30. The molecule has 15 heavy (non-hydrogen) atoms. The number of nitrogens with two attached hydrogens (primary N) is 1. The quantitative estimate of drug-likeness (QED) is 0.862. The van der Waals surface area contributed by atoms with E-state index in [-0.39, 0.29) is 0 Å². The minimum Gasteiger partial charge on any atom is -0.329 e. The van der Waals surface area contributed by atoms with Crippen molar-refractivity contribution in [2.45, 2.75) is 13.1 Å². The van der Waals surface area contributed by atoms with Crippen molar-refractivity contribution in [2.75, 3.05) is 0 Å². The minimum atomic E-state index is 0.459. The number of aromatic nitrogens is 2. The molecule has 0 saturated heterocycles. The van der Waals surface area contributed by atoms with Gasteiger partial charge in [0.05, 0.1) is 6.54 Å². The van der Waals surface area contributed by atoms with Gasteiger partial charge in [0.25, 0.3) is 0 Å². The molecule has 0 radical (unpaired) electrons. The molecule has 0 saturated carbocycles. The molecule has 0 aliphatic rings. The second kappa shape index (κ2) is 4.47. The summed E-state index contributed by atoms with van der Waals surface area (Å²) in [7, 11) is 0. The fourth-order valence-corrected chi connectivity index (χ4v) is 1.59. The van der Waals surface area contributed by atoms with Crippen LogP contribution < -0.4 is 5.73 Å². The molecule has 0 bridgehead atoms. The predicted molar refractivity (Wildman–Crippen MR) is 60.7 cm³/mol. The molecule has 2 N–H and O–H groups in total. The topological polar surface area (TPSA) is 43.8 Å². The Hall–Kier alpha value is -1.32. The van der Waals surface area contributed by atoms with Crippen molar-refractivity contribution in [3.05, 3.63) is 53.1 Å². The van der Waals surface area contributed by atoms with E-state index in [2.05, 4.69) is 4.98 Å². The minimum absolute atomic E-state index is 0.459. The molecule has 1 aromatic carbocycles. The Morgan fingerprint density at radius 2 is 2.00 bits per heavy atom. The fourth-order valence-electron chi connectivity index (χ4n) is 1.46. The van der Waals surface area contributed by atoms with Gasteiger partial charge in [0.1, 0.15) is 5.82 Å². The van der Waals surface area contributed by atoms with E-state index in [0.717, 1.165) is 17.4 Å². The molecule has 78 valence electrons. The highest BCUT2D eigenvalue weighted by Gasteiger charge is 2.00. The van der Waals surface area contributed by atoms with Crippen molar-refractivity contribution in [3.8, 4) is 0 Å². The Kier molecular flexibility index (Phi) is 3.04. The van der Waals surface area contributed by atoms with E-state index in [1.807, 2.05) is 35.0 Å². The number of hydrogen-bond acceptors (Lipinski definition) is 2. The summed E-state index contributed by atoms with van der Waals surface area (Å²) >= 11 is 5.81. The van der Waals surface area contributed by atoms with Crippen LogP contribution in [0.4, 0.5) is 0 Å². The first-order valence-corrected chi connectivity index (χ1v) is 5.12. The number of benzene rings is 1. The Labute approximate surface area is 93.5 Å². The third kappa shape index (κ3) is 2.37. The molecule has 2 aromatic rings. The molecule has 0 spiro atoms. The fraction of sp³-hybridized carbons (Fsp3) is 0.182. The van der Waals surface area contributed by atoms with Crippen molar-refractivity contribution < 1.29 is 0 Å². The molecule has 0 aliphatic carbocycles. The first-order valence-electron chi connectivity index (χ1n) is 4.74. The average Bonchev–Trinajstić information content (AvgIpc) is 2.69. The lowest BCUT2D eigenvalue weighted by atomic mass is 10.2. The molecule has 1 aromatic heterocycles. The van der Waals surface area contributed by atoms with Crippen LogP contribution in [0.1, 0.15) is 11.4 Å². The van der Waals surface area contributed by atoms with E-state index in [1.165, 1.54) is 5.56 Å². The van der Waals surface area contributed by atoms with Gasteiger partial charge >= 0.3 is 0 Å². The van der Waals surface area contributed by atoms with Gasteiger partial charge in [0.2, 0.25) is 0 Å². The average molecular weight is 222 g/mol. The van der Waals surface area contributed by atoms with Crippen molar-refractivity contribution in [1.82, 2.24) is 9.55 Å². The highest BCUT2D eigenvalue weighted by atomic mass is 35.5. The molecule has 4 heteroatoms. The SMILES string of the molecule is NCc1nccn1Cc1ccc(Cl)cc1. The van der Waals surface area contributed by atoms with Gasteiger partial charge in [-0.3, -0.25) is 0 Å². The standard InChI is InChI=1S/C11H12ClN3/c12-10-3-1-9(2-4-10)8-15-6-5-14-11(15)7-13/h1-6H,7-8,13H2. The summed E-state index contributed by atoms with van der Waals surface area (Å²) in [4.78, 5) is 4.16. The zero-order chi connectivity index (χ0) is 10.7. The predicted octanol–water partition coefficient (Wildman–Crippen LogP) is 2.04. The molecule has 0 atom stereocenters. The Morgan fingerprint density at radius 3 is 2.67 bits per heavy atom. The molecule has 0 unspecified atom stereocenters. The van der Waals surface area contributed by atoms with E-state index in [9.17, 15) is 0 Å². The van der Waals surface area contributed by atoms with Crippen LogP contribution in [0.3, 0.4) is 0 Å². The van der Waals surface area contributed by atoms with Crippen molar-refractivity contribution in [1.29, 1.82) is 0 Å².